The highest BCUT2D eigenvalue weighted by atomic mass is 35.5. The molecule has 0 aliphatic rings. The van der Waals surface area contributed by atoms with Crippen LogP contribution in [0.1, 0.15) is 12.5 Å². The topological polar surface area (TPSA) is 82.9 Å². The second-order valence-corrected chi connectivity index (χ2v) is 4.48. The molecule has 0 aliphatic carbocycles. The van der Waals surface area contributed by atoms with Crippen LogP contribution in [-0.4, -0.2) is 23.6 Å². The van der Waals surface area contributed by atoms with Crippen molar-refractivity contribution in [2.24, 2.45) is 0 Å². The van der Waals surface area contributed by atoms with Crippen molar-refractivity contribution in [3.8, 4) is 11.8 Å². The molecule has 21 heavy (non-hydrogen) atoms. The third-order valence-corrected chi connectivity index (χ3v) is 2.94. The second kappa shape index (κ2) is 6.77. The van der Waals surface area contributed by atoms with Crippen LogP contribution in [0.2, 0.25) is 5.02 Å². The van der Waals surface area contributed by atoms with Gasteiger partial charge >= 0.3 is 0 Å². The van der Waals surface area contributed by atoms with Crippen LogP contribution in [0.4, 0.5) is 17.5 Å². The van der Waals surface area contributed by atoms with E-state index >= 15 is 0 Å². The lowest BCUT2D eigenvalue weighted by atomic mass is 10.2. The van der Waals surface area contributed by atoms with E-state index in [2.05, 4.69) is 26.7 Å². The maximum atomic E-state index is 8.90. The van der Waals surface area contributed by atoms with Gasteiger partial charge in [0, 0.05) is 12.6 Å². The highest BCUT2D eigenvalue weighted by Gasteiger charge is 2.09. The first-order valence-corrected chi connectivity index (χ1v) is 6.67. The van der Waals surface area contributed by atoms with Crippen molar-refractivity contribution in [1.29, 1.82) is 5.26 Å². The molecule has 2 rings (SSSR count). The third kappa shape index (κ3) is 3.52. The van der Waals surface area contributed by atoms with Gasteiger partial charge in [0.25, 0.3) is 0 Å². The minimum atomic E-state index is 0.392. The van der Waals surface area contributed by atoms with Gasteiger partial charge in [0.1, 0.15) is 10.8 Å². The fourth-order valence-electron chi connectivity index (χ4n) is 1.69. The van der Waals surface area contributed by atoms with E-state index < -0.39 is 0 Å². The number of hydrogen-bond donors (Lipinski definition) is 2. The Morgan fingerprint density at radius 3 is 2.90 bits per heavy atom. The van der Waals surface area contributed by atoms with Gasteiger partial charge in [-0.15, -0.1) is 0 Å². The molecule has 0 aliphatic heterocycles. The first-order valence-electron chi connectivity index (χ1n) is 6.29. The zero-order valence-corrected chi connectivity index (χ0v) is 12.4. The number of anilines is 3. The first-order chi connectivity index (χ1) is 10.2. The van der Waals surface area contributed by atoms with Crippen molar-refractivity contribution < 1.29 is 4.74 Å². The minimum Gasteiger partial charge on any atom is -0.495 e. The van der Waals surface area contributed by atoms with E-state index in [9.17, 15) is 0 Å². The summed E-state index contributed by atoms with van der Waals surface area (Å²) in [5.41, 5.74) is 1.18. The normalized spacial score (nSPS) is 9.81. The average molecular weight is 304 g/mol. The monoisotopic (exact) mass is 303 g/mol. The van der Waals surface area contributed by atoms with Gasteiger partial charge in [-0.05, 0) is 19.1 Å². The van der Waals surface area contributed by atoms with E-state index in [1.165, 1.54) is 13.3 Å². The van der Waals surface area contributed by atoms with Crippen LogP contribution in [0.3, 0.4) is 0 Å². The molecule has 6 nitrogen and oxygen atoms in total. The van der Waals surface area contributed by atoms with Crippen LogP contribution in [0, 0.1) is 11.3 Å². The maximum Gasteiger partial charge on any atom is 0.224 e. The molecule has 2 N–H and O–H groups in total. The van der Waals surface area contributed by atoms with Gasteiger partial charge in [0.2, 0.25) is 5.95 Å². The molecule has 0 amide bonds. The Morgan fingerprint density at radius 2 is 2.24 bits per heavy atom. The van der Waals surface area contributed by atoms with Gasteiger partial charge in [0.05, 0.1) is 30.6 Å². The summed E-state index contributed by atoms with van der Waals surface area (Å²) in [6.45, 7) is 2.66. The third-order valence-electron chi connectivity index (χ3n) is 2.66. The van der Waals surface area contributed by atoms with Gasteiger partial charge in [0.15, 0.2) is 5.82 Å². The molecule has 2 aromatic rings. The Hall–Kier alpha value is -2.52. The number of nitriles is 1. The fourth-order valence-corrected chi connectivity index (χ4v) is 1.83. The summed E-state index contributed by atoms with van der Waals surface area (Å²) in [5.74, 6) is 1.48. The predicted molar refractivity (Wildman–Crippen MR) is 82.2 cm³/mol. The molecule has 0 atom stereocenters. The number of rotatable bonds is 5. The highest BCUT2D eigenvalue weighted by molar-refractivity contribution is 6.32. The summed E-state index contributed by atoms with van der Waals surface area (Å²) in [6.07, 6.45) is 1.52. The number of nitrogens with zero attached hydrogens (tertiary/aromatic N) is 3. The van der Waals surface area contributed by atoms with Gasteiger partial charge < -0.3 is 15.4 Å². The Bertz CT molecular complexity index is 684. The van der Waals surface area contributed by atoms with Crippen molar-refractivity contribution >= 4 is 29.1 Å². The molecule has 1 aromatic heterocycles. The Labute approximate surface area is 127 Å². The number of methoxy groups -OCH3 is 1. The van der Waals surface area contributed by atoms with Crippen LogP contribution in [0.15, 0.2) is 24.4 Å². The predicted octanol–water partition coefficient (Wildman–Crippen LogP) is 3.19. The van der Waals surface area contributed by atoms with Gasteiger partial charge in [-0.25, -0.2) is 4.98 Å². The number of hydrogen-bond acceptors (Lipinski definition) is 6. The van der Waals surface area contributed by atoms with E-state index in [1.54, 1.807) is 18.2 Å². The standard InChI is InChI=1S/C14H14ClN5O/c1-3-17-14-18-8-10(15)13(20-14)19-11-5-4-9(7-16)6-12(11)21-2/h4-6,8H,3H2,1-2H3,(H2,17,18,19,20). The molecule has 1 heterocycles. The smallest absolute Gasteiger partial charge is 0.224 e. The Morgan fingerprint density at radius 1 is 1.43 bits per heavy atom. The van der Waals surface area contributed by atoms with Crippen LogP contribution in [0.25, 0.3) is 0 Å². The zero-order valence-electron chi connectivity index (χ0n) is 11.6. The Kier molecular flexibility index (Phi) is 4.80. The summed E-state index contributed by atoms with van der Waals surface area (Å²) in [6, 6.07) is 7.13. The molecule has 0 radical (unpaired) electrons. The number of ether oxygens (including phenoxy) is 1. The average Bonchev–Trinajstić information content (AvgIpc) is 2.51. The molecule has 0 bridgehead atoms. The molecule has 0 spiro atoms. The van der Waals surface area contributed by atoms with Gasteiger partial charge in [-0.2, -0.15) is 10.2 Å². The summed E-state index contributed by atoms with van der Waals surface area (Å²) in [7, 11) is 1.54. The van der Waals surface area contributed by atoms with Crippen LogP contribution >= 0.6 is 11.6 Å². The van der Waals surface area contributed by atoms with Gasteiger partial charge in [-0.3, -0.25) is 0 Å². The van der Waals surface area contributed by atoms with Crippen LogP contribution < -0.4 is 15.4 Å². The molecule has 7 heteroatoms. The van der Waals surface area contributed by atoms with Crippen molar-refractivity contribution in [2.45, 2.75) is 6.92 Å². The molecule has 0 fully saturated rings. The SMILES string of the molecule is CCNc1ncc(Cl)c(Nc2ccc(C#N)cc2OC)n1. The molecule has 0 saturated carbocycles. The van der Waals surface area contributed by atoms with Crippen molar-refractivity contribution in [3.05, 3.63) is 35.0 Å². The number of nitrogens with one attached hydrogen (secondary N) is 2. The molecule has 1 aromatic carbocycles. The van der Waals surface area contributed by atoms with E-state index in [1.807, 2.05) is 6.92 Å². The summed E-state index contributed by atoms with van der Waals surface area (Å²) < 4.78 is 5.26. The summed E-state index contributed by atoms with van der Waals surface area (Å²) >= 11 is 6.09. The minimum absolute atomic E-state index is 0.392. The van der Waals surface area contributed by atoms with E-state index in [-0.39, 0.29) is 0 Å². The van der Waals surface area contributed by atoms with E-state index in [0.717, 1.165) is 0 Å². The lowest BCUT2D eigenvalue weighted by molar-refractivity contribution is 0.416. The van der Waals surface area contributed by atoms with Crippen molar-refractivity contribution in [3.63, 3.8) is 0 Å². The lowest BCUT2D eigenvalue weighted by Gasteiger charge is -2.12. The second-order valence-electron chi connectivity index (χ2n) is 4.07. The van der Waals surface area contributed by atoms with Crippen LogP contribution in [0.5, 0.6) is 5.75 Å². The van der Waals surface area contributed by atoms with Gasteiger partial charge in [-0.1, -0.05) is 11.6 Å². The molecular weight excluding hydrogens is 290 g/mol. The maximum absolute atomic E-state index is 8.90. The number of benzene rings is 1. The number of aromatic nitrogens is 2. The van der Waals surface area contributed by atoms with E-state index in [0.29, 0.717) is 40.3 Å². The first kappa shape index (κ1) is 14.9. The molecular formula is C14H14ClN5O. The highest BCUT2D eigenvalue weighted by Crippen LogP contribution is 2.30. The van der Waals surface area contributed by atoms with Crippen molar-refractivity contribution in [1.82, 2.24) is 9.97 Å². The summed E-state index contributed by atoms with van der Waals surface area (Å²) in [5, 5.41) is 15.4. The van der Waals surface area contributed by atoms with Crippen molar-refractivity contribution in [2.75, 3.05) is 24.3 Å². The fraction of sp³-hybridized carbons (Fsp3) is 0.214. The van der Waals surface area contributed by atoms with Crippen LogP contribution in [-0.2, 0) is 0 Å². The zero-order chi connectivity index (χ0) is 15.2. The molecule has 108 valence electrons. The lowest BCUT2D eigenvalue weighted by Crippen LogP contribution is -2.05. The largest absolute Gasteiger partial charge is 0.495 e. The summed E-state index contributed by atoms with van der Waals surface area (Å²) in [4.78, 5) is 8.36. The quantitative estimate of drug-likeness (QED) is 0.882. The number of halogens is 1. The molecule has 0 saturated heterocycles. The molecule has 0 unspecified atom stereocenters. The Balaban J connectivity index is 2.33. The van der Waals surface area contributed by atoms with E-state index in [4.69, 9.17) is 21.6 Å².